The zero-order valence-electron chi connectivity index (χ0n) is 19.6. The van der Waals surface area contributed by atoms with E-state index in [1.54, 1.807) is 63.2 Å². The van der Waals surface area contributed by atoms with Crippen molar-refractivity contribution in [3.63, 3.8) is 0 Å². The SMILES string of the molecule is Cc1ccc(C)c(S(=O)(=O)Nn2ccc(C)c(CC(=O)NCc3ccc(C(=N)N)cc3)c2=O)c1.Cl. The number of aromatic nitrogens is 1. The predicted molar refractivity (Wildman–Crippen MR) is 138 cm³/mol. The first kappa shape index (κ1) is 27.6. The molecule has 35 heavy (non-hydrogen) atoms. The number of amidine groups is 1. The molecule has 0 aliphatic heterocycles. The maximum atomic E-state index is 13.0. The number of hydrogen-bond donors (Lipinski definition) is 4. The summed E-state index contributed by atoms with van der Waals surface area (Å²) >= 11 is 0. The third-order valence-corrected chi connectivity index (χ3v) is 6.83. The topological polar surface area (TPSA) is 147 Å². The number of rotatable bonds is 8. The third kappa shape index (κ3) is 6.71. The number of hydrogen-bond acceptors (Lipinski definition) is 5. The van der Waals surface area contributed by atoms with E-state index in [2.05, 4.69) is 10.1 Å². The van der Waals surface area contributed by atoms with Gasteiger partial charge in [-0.05, 0) is 55.2 Å². The molecule has 0 saturated heterocycles. The van der Waals surface area contributed by atoms with E-state index < -0.39 is 15.6 Å². The highest BCUT2D eigenvalue weighted by Crippen LogP contribution is 2.17. The highest BCUT2D eigenvalue weighted by Gasteiger charge is 2.19. The Hall–Kier alpha value is -3.63. The lowest BCUT2D eigenvalue weighted by atomic mass is 10.1. The number of nitrogens with one attached hydrogen (secondary N) is 3. The second-order valence-corrected chi connectivity index (χ2v) is 9.71. The Balaban J connectivity index is 0.00000432. The van der Waals surface area contributed by atoms with Gasteiger partial charge in [-0.1, -0.05) is 36.4 Å². The molecule has 1 amide bonds. The van der Waals surface area contributed by atoms with E-state index in [-0.39, 0.29) is 47.6 Å². The van der Waals surface area contributed by atoms with Gasteiger partial charge >= 0.3 is 0 Å². The minimum absolute atomic E-state index is 0. The average Bonchev–Trinajstić information content (AvgIpc) is 2.79. The summed E-state index contributed by atoms with van der Waals surface area (Å²) < 4.78 is 26.7. The molecule has 0 aliphatic rings. The van der Waals surface area contributed by atoms with Gasteiger partial charge in [0.15, 0.2) is 0 Å². The van der Waals surface area contributed by atoms with Gasteiger partial charge in [-0.2, -0.15) is 8.42 Å². The summed E-state index contributed by atoms with van der Waals surface area (Å²) in [5.41, 5.74) is 8.30. The summed E-state index contributed by atoms with van der Waals surface area (Å²) in [6, 6.07) is 13.5. The molecule has 0 saturated carbocycles. The van der Waals surface area contributed by atoms with Gasteiger partial charge in [0.1, 0.15) is 5.84 Å². The number of nitrogen functional groups attached to an aromatic ring is 1. The number of nitrogens with zero attached hydrogens (tertiary/aromatic N) is 1. The second kappa shape index (κ2) is 11.2. The van der Waals surface area contributed by atoms with Crippen molar-refractivity contribution in [3.05, 3.63) is 98.5 Å². The molecule has 0 spiro atoms. The molecule has 1 heterocycles. The van der Waals surface area contributed by atoms with Crippen LogP contribution in [0.25, 0.3) is 0 Å². The van der Waals surface area contributed by atoms with Crippen LogP contribution < -0.4 is 21.4 Å². The molecule has 0 aliphatic carbocycles. The predicted octanol–water partition coefficient (Wildman–Crippen LogP) is 2.27. The van der Waals surface area contributed by atoms with E-state index in [0.29, 0.717) is 16.7 Å². The van der Waals surface area contributed by atoms with Gasteiger partial charge in [-0.25, -0.2) is 9.51 Å². The fraction of sp³-hybridized carbons (Fsp3) is 0.208. The van der Waals surface area contributed by atoms with Gasteiger partial charge in [0.2, 0.25) is 5.91 Å². The van der Waals surface area contributed by atoms with Crippen molar-refractivity contribution in [1.29, 1.82) is 5.41 Å². The number of carbonyl (C=O) groups is 1. The first-order valence-corrected chi connectivity index (χ1v) is 12.0. The van der Waals surface area contributed by atoms with Crippen molar-refractivity contribution < 1.29 is 13.2 Å². The lowest BCUT2D eigenvalue weighted by Crippen LogP contribution is -2.37. The summed E-state index contributed by atoms with van der Waals surface area (Å²) in [7, 11) is -4.01. The maximum Gasteiger partial charge on any atom is 0.275 e. The Morgan fingerprint density at radius 3 is 2.31 bits per heavy atom. The zero-order chi connectivity index (χ0) is 25.0. The van der Waals surface area contributed by atoms with Gasteiger partial charge in [0.05, 0.1) is 11.3 Å². The van der Waals surface area contributed by atoms with Crippen molar-refractivity contribution in [1.82, 2.24) is 9.99 Å². The lowest BCUT2D eigenvalue weighted by molar-refractivity contribution is -0.120. The van der Waals surface area contributed by atoms with Crippen LogP contribution in [0.1, 0.15) is 33.4 Å². The molecule has 9 nitrogen and oxygen atoms in total. The molecule has 0 unspecified atom stereocenters. The standard InChI is InChI=1S/C24H27N5O4S.ClH/c1-15-4-5-17(3)21(12-15)34(32,33)28-29-11-10-16(2)20(24(29)31)13-22(30)27-14-18-6-8-19(9-7-18)23(25)26;/h4-12,28H,13-14H2,1-3H3,(H3,25,26)(H,27,30);1H. The molecule has 3 rings (SSSR count). The van der Waals surface area contributed by atoms with Crippen LogP contribution in [0, 0.1) is 26.2 Å². The van der Waals surface area contributed by atoms with E-state index in [0.717, 1.165) is 15.8 Å². The summed E-state index contributed by atoms with van der Waals surface area (Å²) in [4.78, 5) is 27.9. The molecule has 1 aromatic heterocycles. The smallest absolute Gasteiger partial charge is 0.275 e. The number of halogens is 1. The Morgan fingerprint density at radius 1 is 1.03 bits per heavy atom. The van der Waals surface area contributed by atoms with Crippen molar-refractivity contribution in [2.75, 3.05) is 4.83 Å². The van der Waals surface area contributed by atoms with Crippen molar-refractivity contribution >= 4 is 34.2 Å². The Morgan fingerprint density at radius 2 is 1.69 bits per heavy atom. The fourth-order valence-corrected chi connectivity index (χ4v) is 4.69. The molecule has 11 heteroatoms. The number of pyridine rings is 1. The van der Waals surface area contributed by atoms with Gasteiger partial charge in [0, 0.05) is 23.9 Å². The molecule has 3 aromatic rings. The van der Waals surface area contributed by atoms with Gasteiger partial charge < -0.3 is 11.1 Å². The molecule has 0 bridgehead atoms. The van der Waals surface area contributed by atoms with Crippen LogP contribution in [0.4, 0.5) is 0 Å². The minimum Gasteiger partial charge on any atom is -0.384 e. The number of carbonyl (C=O) groups excluding carboxylic acids is 1. The third-order valence-electron chi connectivity index (χ3n) is 5.37. The summed E-state index contributed by atoms with van der Waals surface area (Å²) in [5.74, 6) is -0.425. The van der Waals surface area contributed by atoms with Crippen LogP contribution in [0.3, 0.4) is 0 Å². The molecule has 5 N–H and O–H groups in total. The quantitative estimate of drug-likeness (QED) is 0.267. The van der Waals surface area contributed by atoms with E-state index in [1.807, 2.05) is 0 Å². The second-order valence-electron chi connectivity index (χ2n) is 8.08. The first-order valence-electron chi connectivity index (χ1n) is 10.5. The lowest BCUT2D eigenvalue weighted by Gasteiger charge is -2.15. The van der Waals surface area contributed by atoms with E-state index >= 15 is 0 Å². The summed E-state index contributed by atoms with van der Waals surface area (Å²) in [6.45, 7) is 5.38. The number of amides is 1. The van der Waals surface area contributed by atoms with E-state index in [9.17, 15) is 18.0 Å². The molecule has 0 fully saturated rings. The van der Waals surface area contributed by atoms with Crippen LogP contribution in [-0.4, -0.2) is 24.8 Å². The number of benzene rings is 2. The maximum absolute atomic E-state index is 13.0. The summed E-state index contributed by atoms with van der Waals surface area (Å²) in [6.07, 6.45) is 1.13. The van der Waals surface area contributed by atoms with Gasteiger partial charge in [-0.3, -0.25) is 15.0 Å². The van der Waals surface area contributed by atoms with E-state index in [4.69, 9.17) is 11.1 Å². The Bertz CT molecular complexity index is 1420. The van der Waals surface area contributed by atoms with Crippen LogP contribution in [0.5, 0.6) is 0 Å². The Kier molecular flexibility index (Phi) is 8.83. The minimum atomic E-state index is -4.01. The summed E-state index contributed by atoms with van der Waals surface area (Å²) in [5, 5.41) is 10.2. The first-order chi connectivity index (χ1) is 16.0. The van der Waals surface area contributed by atoms with Gasteiger partial charge in [0.25, 0.3) is 15.6 Å². The van der Waals surface area contributed by atoms with Crippen LogP contribution in [-0.2, 0) is 27.8 Å². The van der Waals surface area contributed by atoms with Crippen LogP contribution >= 0.6 is 12.4 Å². The molecular weight excluding hydrogens is 490 g/mol. The highest BCUT2D eigenvalue weighted by atomic mass is 35.5. The Labute approximate surface area is 210 Å². The monoisotopic (exact) mass is 517 g/mol. The number of sulfonamides is 1. The zero-order valence-corrected chi connectivity index (χ0v) is 21.2. The molecule has 186 valence electrons. The molecular formula is C24H28ClN5O4S. The van der Waals surface area contributed by atoms with Crippen LogP contribution in [0.2, 0.25) is 0 Å². The fourth-order valence-electron chi connectivity index (χ4n) is 3.36. The largest absolute Gasteiger partial charge is 0.384 e. The molecule has 0 radical (unpaired) electrons. The molecule has 2 aromatic carbocycles. The molecule has 0 atom stereocenters. The number of aryl methyl sites for hydroxylation is 3. The van der Waals surface area contributed by atoms with Crippen molar-refractivity contribution in [2.45, 2.75) is 38.6 Å². The van der Waals surface area contributed by atoms with Crippen molar-refractivity contribution in [2.24, 2.45) is 5.73 Å². The average molecular weight is 518 g/mol. The highest BCUT2D eigenvalue weighted by molar-refractivity contribution is 7.92. The van der Waals surface area contributed by atoms with Gasteiger partial charge in [-0.15, -0.1) is 12.4 Å². The van der Waals surface area contributed by atoms with Crippen molar-refractivity contribution in [3.8, 4) is 0 Å². The number of nitrogens with two attached hydrogens (primary N) is 1. The normalized spacial score (nSPS) is 10.8. The van der Waals surface area contributed by atoms with Crippen LogP contribution in [0.15, 0.2) is 64.4 Å². The van der Waals surface area contributed by atoms with E-state index in [1.165, 1.54) is 12.3 Å².